The summed E-state index contributed by atoms with van der Waals surface area (Å²) >= 11 is 0. The van der Waals surface area contributed by atoms with Crippen LogP contribution in [0.4, 0.5) is 21.5 Å². The SMILES string of the molecule is CC1C=Cc2ccccc2N1c1cc(N)ccc1F. The van der Waals surface area contributed by atoms with Gasteiger partial charge in [-0.1, -0.05) is 30.4 Å². The topological polar surface area (TPSA) is 29.3 Å². The molecule has 1 heterocycles. The van der Waals surface area contributed by atoms with Gasteiger partial charge in [0.2, 0.25) is 0 Å². The fourth-order valence-corrected chi connectivity index (χ4v) is 2.46. The third-order valence-electron chi connectivity index (χ3n) is 3.39. The van der Waals surface area contributed by atoms with E-state index in [0.717, 1.165) is 11.3 Å². The van der Waals surface area contributed by atoms with Crippen molar-refractivity contribution in [3.63, 3.8) is 0 Å². The highest BCUT2D eigenvalue weighted by molar-refractivity contribution is 5.79. The Bertz CT molecular complexity index is 649. The summed E-state index contributed by atoms with van der Waals surface area (Å²) in [5.74, 6) is -0.258. The maximum absolute atomic E-state index is 14.1. The predicted molar refractivity (Wildman–Crippen MR) is 77.9 cm³/mol. The van der Waals surface area contributed by atoms with Gasteiger partial charge in [-0.3, -0.25) is 0 Å². The Morgan fingerprint density at radius 1 is 1.11 bits per heavy atom. The number of nitrogen functional groups attached to an aromatic ring is 1. The van der Waals surface area contributed by atoms with Crippen molar-refractivity contribution in [2.24, 2.45) is 0 Å². The zero-order chi connectivity index (χ0) is 13.4. The van der Waals surface area contributed by atoms with E-state index in [1.165, 1.54) is 6.07 Å². The number of anilines is 3. The van der Waals surface area contributed by atoms with Gasteiger partial charge in [0.05, 0.1) is 5.69 Å². The quantitative estimate of drug-likeness (QED) is 0.780. The lowest BCUT2D eigenvalue weighted by molar-refractivity contribution is 0.622. The Morgan fingerprint density at radius 2 is 1.89 bits per heavy atom. The van der Waals surface area contributed by atoms with Gasteiger partial charge in [0.25, 0.3) is 0 Å². The van der Waals surface area contributed by atoms with Gasteiger partial charge >= 0.3 is 0 Å². The molecule has 2 nitrogen and oxygen atoms in total. The summed E-state index contributed by atoms with van der Waals surface area (Å²) in [5.41, 5.74) is 8.96. The molecule has 0 saturated heterocycles. The molecule has 2 N–H and O–H groups in total. The zero-order valence-corrected chi connectivity index (χ0v) is 10.7. The number of benzene rings is 2. The van der Waals surface area contributed by atoms with Crippen molar-refractivity contribution in [3.8, 4) is 0 Å². The first-order valence-electron chi connectivity index (χ1n) is 6.28. The van der Waals surface area contributed by atoms with Crippen molar-refractivity contribution in [2.45, 2.75) is 13.0 Å². The average Bonchev–Trinajstić information content (AvgIpc) is 2.42. The fourth-order valence-electron chi connectivity index (χ4n) is 2.46. The minimum atomic E-state index is -0.258. The average molecular weight is 254 g/mol. The highest BCUT2D eigenvalue weighted by atomic mass is 19.1. The second-order valence-electron chi connectivity index (χ2n) is 4.74. The number of rotatable bonds is 1. The molecule has 0 radical (unpaired) electrons. The van der Waals surface area contributed by atoms with E-state index in [4.69, 9.17) is 5.73 Å². The van der Waals surface area contributed by atoms with Crippen LogP contribution in [0, 0.1) is 5.82 Å². The van der Waals surface area contributed by atoms with E-state index in [9.17, 15) is 4.39 Å². The summed E-state index contributed by atoms with van der Waals surface area (Å²) in [6.45, 7) is 2.04. The number of nitrogens with zero attached hydrogens (tertiary/aromatic N) is 1. The molecule has 3 rings (SSSR count). The van der Waals surface area contributed by atoms with Crippen LogP contribution >= 0.6 is 0 Å². The van der Waals surface area contributed by atoms with Crippen LogP contribution in [0.15, 0.2) is 48.5 Å². The van der Waals surface area contributed by atoms with Gasteiger partial charge in [-0.2, -0.15) is 0 Å². The Hall–Kier alpha value is -2.29. The molecule has 0 aliphatic carbocycles. The smallest absolute Gasteiger partial charge is 0.147 e. The second-order valence-corrected chi connectivity index (χ2v) is 4.74. The molecule has 0 aromatic heterocycles. The van der Waals surface area contributed by atoms with Gasteiger partial charge in [-0.15, -0.1) is 0 Å². The van der Waals surface area contributed by atoms with Crippen molar-refractivity contribution >= 4 is 23.1 Å². The normalized spacial score (nSPS) is 17.4. The molecular weight excluding hydrogens is 239 g/mol. The summed E-state index contributed by atoms with van der Waals surface area (Å²) in [7, 11) is 0. The molecule has 0 spiro atoms. The van der Waals surface area contributed by atoms with Crippen molar-refractivity contribution in [2.75, 3.05) is 10.6 Å². The molecule has 0 amide bonds. The number of nitrogens with two attached hydrogens (primary N) is 1. The maximum Gasteiger partial charge on any atom is 0.147 e. The molecule has 96 valence electrons. The molecule has 2 aromatic rings. The van der Waals surface area contributed by atoms with Crippen molar-refractivity contribution in [3.05, 3.63) is 59.9 Å². The van der Waals surface area contributed by atoms with E-state index in [1.54, 1.807) is 12.1 Å². The van der Waals surface area contributed by atoms with E-state index >= 15 is 0 Å². The Balaban J connectivity index is 2.18. The Labute approximate surface area is 112 Å². The molecule has 0 fully saturated rings. The molecule has 2 aromatic carbocycles. The maximum atomic E-state index is 14.1. The molecule has 19 heavy (non-hydrogen) atoms. The third-order valence-corrected chi connectivity index (χ3v) is 3.39. The van der Waals surface area contributed by atoms with Crippen molar-refractivity contribution in [1.29, 1.82) is 0 Å². The lowest BCUT2D eigenvalue weighted by Crippen LogP contribution is -2.30. The summed E-state index contributed by atoms with van der Waals surface area (Å²) < 4.78 is 14.1. The minimum Gasteiger partial charge on any atom is -0.399 e. The number of hydrogen-bond acceptors (Lipinski definition) is 2. The highest BCUT2D eigenvalue weighted by Crippen LogP contribution is 2.37. The van der Waals surface area contributed by atoms with Gasteiger partial charge < -0.3 is 10.6 Å². The van der Waals surface area contributed by atoms with Crippen molar-refractivity contribution < 1.29 is 4.39 Å². The van der Waals surface area contributed by atoms with E-state index in [-0.39, 0.29) is 11.9 Å². The molecule has 0 bridgehead atoms. The van der Waals surface area contributed by atoms with Crippen LogP contribution in [0.2, 0.25) is 0 Å². The van der Waals surface area contributed by atoms with Gasteiger partial charge in [0.15, 0.2) is 0 Å². The van der Waals surface area contributed by atoms with Crippen LogP contribution in [-0.2, 0) is 0 Å². The van der Waals surface area contributed by atoms with E-state index < -0.39 is 0 Å². The van der Waals surface area contributed by atoms with E-state index in [2.05, 4.69) is 12.2 Å². The molecule has 1 atom stereocenters. The monoisotopic (exact) mass is 254 g/mol. The first-order valence-corrected chi connectivity index (χ1v) is 6.28. The summed E-state index contributed by atoms with van der Waals surface area (Å²) in [6.07, 6.45) is 4.13. The summed E-state index contributed by atoms with van der Waals surface area (Å²) in [6, 6.07) is 12.7. The molecular formula is C16H15FN2. The standard InChI is InChI=1S/C16H15FN2/c1-11-6-7-12-4-2-3-5-15(12)19(11)16-10-13(18)8-9-14(16)17/h2-11H,18H2,1H3. The Morgan fingerprint density at radius 3 is 2.74 bits per heavy atom. The largest absolute Gasteiger partial charge is 0.399 e. The zero-order valence-electron chi connectivity index (χ0n) is 10.7. The summed E-state index contributed by atoms with van der Waals surface area (Å²) in [5, 5.41) is 0. The van der Waals surface area contributed by atoms with Crippen LogP contribution in [-0.4, -0.2) is 6.04 Å². The summed E-state index contributed by atoms with van der Waals surface area (Å²) in [4.78, 5) is 1.97. The minimum absolute atomic E-state index is 0.0891. The highest BCUT2D eigenvalue weighted by Gasteiger charge is 2.22. The van der Waals surface area contributed by atoms with Gasteiger partial charge in [0, 0.05) is 17.4 Å². The second kappa shape index (κ2) is 4.43. The number of para-hydroxylation sites is 1. The van der Waals surface area contributed by atoms with Crippen LogP contribution in [0.1, 0.15) is 12.5 Å². The molecule has 1 aliphatic rings. The molecule has 0 saturated carbocycles. The van der Waals surface area contributed by atoms with Gasteiger partial charge in [-0.05, 0) is 36.8 Å². The fraction of sp³-hybridized carbons (Fsp3) is 0.125. The van der Waals surface area contributed by atoms with E-state index in [0.29, 0.717) is 11.4 Å². The number of halogens is 1. The van der Waals surface area contributed by atoms with Crippen molar-refractivity contribution in [1.82, 2.24) is 0 Å². The van der Waals surface area contributed by atoms with Gasteiger partial charge in [0.1, 0.15) is 5.82 Å². The predicted octanol–water partition coefficient (Wildman–Crippen LogP) is 3.96. The third kappa shape index (κ3) is 1.97. The van der Waals surface area contributed by atoms with Crippen LogP contribution in [0.3, 0.4) is 0 Å². The van der Waals surface area contributed by atoms with Crippen LogP contribution in [0.25, 0.3) is 6.08 Å². The van der Waals surface area contributed by atoms with Crippen LogP contribution in [0.5, 0.6) is 0 Å². The van der Waals surface area contributed by atoms with Crippen LogP contribution < -0.4 is 10.6 Å². The molecule has 1 unspecified atom stereocenters. The molecule has 3 heteroatoms. The first kappa shape index (κ1) is 11.8. The number of fused-ring (bicyclic) bond motifs is 1. The lowest BCUT2D eigenvalue weighted by Gasteiger charge is -2.34. The Kier molecular flexibility index (Phi) is 2.75. The van der Waals surface area contributed by atoms with E-state index in [1.807, 2.05) is 36.1 Å². The first-order chi connectivity index (χ1) is 9.16. The lowest BCUT2D eigenvalue weighted by atomic mass is 10.0. The number of hydrogen-bond donors (Lipinski definition) is 1. The van der Waals surface area contributed by atoms with Gasteiger partial charge in [-0.25, -0.2) is 4.39 Å². The molecule has 1 aliphatic heterocycles.